The van der Waals surface area contributed by atoms with Crippen LogP contribution in [0.15, 0.2) is 5.28 Å². The molecule has 1 fully saturated rings. The number of carbonyl (C=O) groups is 1. The minimum absolute atomic E-state index is 0.129. The van der Waals surface area contributed by atoms with E-state index in [2.05, 4.69) is 14.9 Å². The molecule has 9 nitrogen and oxygen atoms in total. The Labute approximate surface area is 123 Å². The zero-order chi connectivity index (χ0) is 15.9. The van der Waals surface area contributed by atoms with E-state index in [0.717, 1.165) is 12.8 Å². The van der Waals surface area contributed by atoms with Crippen molar-refractivity contribution in [2.45, 2.75) is 39.2 Å². The van der Waals surface area contributed by atoms with Crippen molar-refractivity contribution in [1.82, 2.24) is 5.01 Å². The van der Waals surface area contributed by atoms with E-state index in [0.29, 0.717) is 18.1 Å². The molecule has 0 aromatic heterocycles. The third-order valence-electron chi connectivity index (χ3n) is 2.84. The second-order valence-electron chi connectivity index (χ2n) is 5.77. The first-order chi connectivity index (χ1) is 9.81. The normalized spacial score (nSPS) is 17.5. The average Bonchev–Trinajstić information content (AvgIpc) is 2.41. The molecule has 0 aromatic rings. The van der Waals surface area contributed by atoms with Crippen LogP contribution in [-0.2, 0) is 14.3 Å². The van der Waals surface area contributed by atoms with E-state index < -0.39 is 18.5 Å². The van der Waals surface area contributed by atoms with Crippen LogP contribution in [0.4, 0.5) is 4.79 Å². The number of piperidine rings is 1. The van der Waals surface area contributed by atoms with Crippen LogP contribution in [0.5, 0.6) is 0 Å². The van der Waals surface area contributed by atoms with E-state index in [-0.39, 0.29) is 12.5 Å². The Hall–Kier alpha value is -1.77. The fraction of sp³-hybridized carbons (Fsp3) is 0.917. The summed E-state index contributed by atoms with van der Waals surface area (Å²) in [6.45, 7) is 5.73. The van der Waals surface area contributed by atoms with E-state index in [1.54, 1.807) is 20.8 Å². The van der Waals surface area contributed by atoms with Gasteiger partial charge in [0.1, 0.15) is 5.60 Å². The summed E-state index contributed by atoms with van der Waals surface area (Å²) in [6, 6.07) is 0. The fourth-order valence-corrected chi connectivity index (χ4v) is 1.75. The van der Waals surface area contributed by atoms with Crippen LogP contribution in [0.1, 0.15) is 33.6 Å². The maximum Gasteiger partial charge on any atom is 0.511 e. The molecule has 1 aliphatic heterocycles. The second kappa shape index (κ2) is 7.87. The lowest BCUT2D eigenvalue weighted by molar-refractivity contribution is -0.714. The highest BCUT2D eigenvalue weighted by Gasteiger charge is 2.23. The Morgan fingerprint density at radius 2 is 2.05 bits per heavy atom. The van der Waals surface area contributed by atoms with Crippen molar-refractivity contribution in [2.75, 3.05) is 26.5 Å². The highest BCUT2D eigenvalue weighted by atomic mass is 16.8. The highest BCUT2D eigenvalue weighted by molar-refractivity contribution is 5.60. The molecule has 1 aliphatic rings. The smallest absolute Gasteiger partial charge is 0.511 e. The number of nitrogens with zero attached hydrogens (tertiary/aromatic N) is 3. The lowest BCUT2D eigenvalue weighted by atomic mass is 9.99. The molecule has 0 aliphatic carbocycles. The molecule has 1 heterocycles. The minimum Gasteiger partial charge on any atom is -0.569 e. The maximum atomic E-state index is 11.6. The number of ether oxygens (including phenoxy) is 2. The van der Waals surface area contributed by atoms with Crippen molar-refractivity contribution in [2.24, 2.45) is 11.2 Å². The largest absolute Gasteiger partial charge is 0.569 e. The predicted molar refractivity (Wildman–Crippen MR) is 70.7 cm³/mol. The molecule has 0 amide bonds. The lowest BCUT2D eigenvalue weighted by Gasteiger charge is -2.26. The number of rotatable bonds is 5. The summed E-state index contributed by atoms with van der Waals surface area (Å²) >= 11 is 0. The Bertz CT molecular complexity index is 360. The van der Waals surface area contributed by atoms with E-state index in [1.165, 1.54) is 5.01 Å². The van der Waals surface area contributed by atoms with Crippen molar-refractivity contribution in [3.8, 4) is 0 Å². The molecule has 1 N–H and O–H groups in total. The van der Waals surface area contributed by atoms with Gasteiger partial charge in [-0.1, -0.05) is 0 Å². The molecule has 21 heavy (non-hydrogen) atoms. The van der Waals surface area contributed by atoms with Crippen molar-refractivity contribution in [3.05, 3.63) is 5.21 Å². The van der Waals surface area contributed by atoms with E-state index in [1.807, 2.05) is 0 Å². The van der Waals surface area contributed by atoms with Gasteiger partial charge in [0, 0.05) is 6.61 Å². The predicted octanol–water partition coefficient (Wildman–Crippen LogP) is 1.41. The molecule has 122 valence electrons. The van der Waals surface area contributed by atoms with Gasteiger partial charge < -0.3 is 24.6 Å². The minimum atomic E-state index is -0.890. The second-order valence-corrected chi connectivity index (χ2v) is 5.77. The molecule has 0 aromatic carbocycles. The molecule has 0 spiro atoms. The van der Waals surface area contributed by atoms with Crippen LogP contribution in [0, 0.1) is 11.1 Å². The van der Waals surface area contributed by atoms with Gasteiger partial charge in [0.25, 0.3) is 6.79 Å². The molecular weight excluding hydrogens is 282 g/mol. The lowest BCUT2D eigenvalue weighted by Crippen LogP contribution is -2.39. The Kier molecular flexibility index (Phi) is 6.47. The summed E-state index contributed by atoms with van der Waals surface area (Å²) in [5.74, 6) is 0.228. The first kappa shape index (κ1) is 17.3. The van der Waals surface area contributed by atoms with Crippen LogP contribution in [0.2, 0.25) is 0 Å². The molecule has 1 rings (SSSR count). The first-order valence-corrected chi connectivity index (χ1v) is 6.83. The first-order valence-electron chi connectivity index (χ1n) is 6.83. The summed E-state index contributed by atoms with van der Waals surface area (Å²) in [5, 5.41) is 25.3. The Morgan fingerprint density at radius 1 is 1.43 bits per heavy atom. The molecule has 1 saturated heterocycles. The third-order valence-corrected chi connectivity index (χ3v) is 2.84. The average molecular weight is 305 g/mol. The van der Waals surface area contributed by atoms with Crippen LogP contribution in [0.3, 0.4) is 0 Å². The maximum absolute atomic E-state index is 11.6. The number of aliphatic hydroxyl groups excluding tert-OH is 1. The molecule has 0 atom stereocenters. The van der Waals surface area contributed by atoms with Crippen LogP contribution in [-0.4, -0.2) is 53.3 Å². The number of hydrogen-bond acceptors (Lipinski definition) is 7. The van der Waals surface area contributed by atoms with Crippen molar-refractivity contribution >= 4 is 6.16 Å². The third kappa shape index (κ3) is 6.98. The van der Waals surface area contributed by atoms with Gasteiger partial charge in [-0.2, -0.15) is 0 Å². The van der Waals surface area contributed by atoms with Gasteiger partial charge in [-0.25, -0.2) is 4.79 Å². The van der Waals surface area contributed by atoms with Crippen molar-refractivity contribution in [1.29, 1.82) is 0 Å². The number of hydrogen-bond donors (Lipinski definition) is 1. The summed E-state index contributed by atoms with van der Waals surface area (Å²) in [7, 11) is 0. The SMILES string of the molecule is CC(C)(C)OC(=O)OCO/N=[N+](\[O-])N1CCC(CO)CC1. The summed E-state index contributed by atoms with van der Waals surface area (Å²) < 4.78 is 9.47. The molecule has 0 saturated carbocycles. The van der Waals surface area contributed by atoms with Gasteiger partial charge in [-0.15, -0.1) is 5.01 Å². The Morgan fingerprint density at radius 3 is 2.57 bits per heavy atom. The van der Waals surface area contributed by atoms with Gasteiger partial charge in [-0.3, -0.25) is 0 Å². The van der Waals surface area contributed by atoms with E-state index in [9.17, 15) is 10.0 Å². The summed E-state index contributed by atoms with van der Waals surface area (Å²) in [5.41, 5.74) is -0.657. The van der Waals surface area contributed by atoms with Crippen LogP contribution >= 0.6 is 0 Å². The zero-order valence-electron chi connectivity index (χ0n) is 12.7. The molecule has 0 unspecified atom stereocenters. The standard InChI is InChI=1S/C12H23N3O6/c1-12(2,3)21-11(17)19-9-20-13-15(18)14-6-4-10(8-16)5-7-14/h10,16H,4-9H2,1-3H3/b15-13-. The van der Waals surface area contributed by atoms with Crippen molar-refractivity contribution < 1.29 is 29.2 Å². The topological polar surface area (TPSA) is 107 Å². The number of hydrazine groups is 1. The van der Waals surface area contributed by atoms with E-state index >= 15 is 0 Å². The van der Waals surface area contributed by atoms with Gasteiger partial charge in [0.05, 0.1) is 18.1 Å². The highest BCUT2D eigenvalue weighted by Crippen LogP contribution is 2.16. The summed E-state index contributed by atoms with van der Waals surface area (Å²) in [6.07, 6.45) is 0.553. The van der Waals surface area contributed by atoms with Gasteiger partial charge in [0.15, 0.2) is 0 Å². The van der Waals surface area contributed by atoms with Crippen molar-refractivity contribution in [3.63, 3.8) is 0 Å². The molecule has 0 radical (unpaired) electrons. The van der Waals surface area contributed by atoms with Gasteiger partial charge in [0.2, 0.25) is 5.28 Å². The zero-order valence-corrected chi connectivity index (χ0v) is 12.7. The van der Waals surface area contributed by atoms with Gasteiger partial charge in [-0.05, 0) is 39.5 Å². The quantitative estimate of drug-likeness (QED) is 0.204. The summed E-state index contributed by atoms with van der Waals surface area (Å²) in [4.78, 5) is 16.1. The Balaban J connectivity index is 2.23. The van der Waals surface area contributed by atoms with Crippen LogP contribution < -0.4 is 0 Å². The monoisotopic (exact) mass is 305 g/mol. The molecule has 0 bridgehead atoms. The van der Waals surface area contributed by atoms with Crippen LogP contribution in [0.25, 0.3) is 0 Å². The van der Waals surface area contributed by atoms with E-state index in [4.69, 9.17) is 9.84 Å². The molecule has 9 heteroatoms. The number of aliphatic hydroxyl groups is 1. The van der Waals surface area contributed by atoms with Gasteiger partial charge >= 0.3 is 6.16 Å². The fourth-order valence-electron chi connectivity index (χ4n) is 1.75. The number of carbonyl (C=O) groups excluding carboxylic acids is 1. The molecular formula is C12H23N3O6.